The number of piperazine rings is 1. The van der Waals surface area contributed by atoms with E-state index in [0.29, 0.717) is 19.1 Å². The first kappa shape index (κ1) is 18.9. The predicted octanol–water partition coefficient (Wildman–Crippen LogP) is 3.53. The maximum atomic E-state index is 13.8. The molecule has 2 fully saturated rings. The van der Waals surface area contributed by atoms with Crippen molar-refractivity contribution in [1.29, 1.82) is 0 Å². The fraction of sp³-hybridized carbons (Fsp3) is 0.579. The molecule has 2 aromatic heterocycles. The molecular weight excluding hydrogens is 403 g/mol. The molecule has 3 aliphatic heterocycles. The lowest BCUT2D eigenvalue weighted by atomic mass is 10.0. The van der Waals surface area contributed by atoms with Crippen molar-refractivity contribution in [3.05, 3.63) is 34.2 Å². The average Bonchev–Trinajstić information content (AvgIpc) is 3.44. The van der Waals surface area contributed by atoms with Gasteiger partial charge in [0.1, 0.15) is 5.82 Å². The van der Waals surface area contributed by atoms with Crippen LogP contribution in [0, 0.1) is 0 Å². The summed E-state index contributed by atoms with van der Waals surface area (Å²) >= 11 is 1.42. The molecule has 2 aromatic rings. The third kappa shape index (κ3) is 3.42. The van der Waals surface area contributed by atoms with Crippen LogP contribution in [0.15, 0.2) is 23.6 Å². The third-order valence-electron chi connectivity index (χ3n) is 6.17. The first-order valence-corrected chi connectivity index (χ1v) is 10.8. The van der Waals surface area contributed by atoms with Crippen molar-refractivity contribution in [2.75, 3.05) is 31.5 Å². The van der Waals surface area contributed by atoms with Gasteiger partial charge in [-0.2, -0.15) is 18.3 Å². The SMILES string of the molecule is O=C(c1cc2n(n1)[C@H](C(F)(F)F)C[C@H](c1cccs1)N2)N1CCN2CCC[C@@H]2C1. The Balaban J connectivity index is 1.42. The predicted molar refractivity (Wildman–Crippen MR) is 103 cm³/mol. The molecule has 0 unspecified atom stereocenters. The van der Waals surface area contributed by atoms with E-state index < -0.39 is 18.3 Å². The van der Waals surface area contributed by atoms with Crippen molar-refractivity contribution in [2.24, 2.45) is 0 Å². The number of hydrogen-bond acceptors (Lipinski definition) is 5. The van der Waals surface area contributed by atoms with E-state index in [4.69, 9.17) is 0 Å². The Hall–Kier alpha value is -2.07. The van der Waals surface area contributed by atoms with E-state index in [-0.39, 0.29) is 23.8 Å². The van der Waals surface area contributed by atoms with Crippen LogP contribution in [0.4, 0.5) is 19.0 Å². The van der Waals surface area contributed by atoms with Gasteiger partial charge >= 0.3 is 6.18 Å². The number of halogens is 3. The van der Waals surface area contributed by atoms with Crippen LogP contribution in [0.3, 0.4) is 0 Å². The van der Waals surface area contributed by atoms with Crippen LogP contribution in [0.5, 0.6) is 0 Å². The second-order valence-electron chi connectivity index (χ2n) is 7.95. The second-order valence-corrected chi connectivity index (χ2v) is 8.93. The van der Waals surface area contributed by atoms with E-state index in [9.17, 15) is 18.0 Å². The largest absolute Gasteiger partial charge is 0.410 e. The van der Waals surface area contributed by atoms with Crippen molar-refractivity contribution in [2.45, 2.75) is 43.6 Å². The molecule has 6 nitrogen and oxygen atoms in total. The normalized spacial score (nSPS) is 27.4. The Kier molecular flexibility index (Phi) is 4.58. The van der Waals surface area contributed by atoms with Gasteiger partial charge in [-0.1, -0.05) is 6.07 Å². The zero-order valence-electron chi connectivity index (χ0n) is 15.7. The number of hydrogen-bond donors (Lipinski definition) is 1. The summed E-state index contributed by atoms with van der Waals surface area (Å²) < 4.78 is 42.2. The molecule has 0 aromatic carbocycles. The van der Waals surface area contributed by atoms with Crippen LogP contribution in [0.1, 0.15) is 46.7 Å². The van der Waals surface area contributed by atoms with Crippen LogP contribution in [0.25, 0.3) is 0 Å². The van der Waals surface area contributed by atoms with Crippen LogP contribution >= 0.6 is 11.3 Å². The molecule has 0 saturated carbocycles. The van der Waals surface area contributed by atoms with Gasteiger partial charge in [0.15, 0.2) is 11.7 Å². The van der Waals surface area contributed by atoms with E-state index in [0.717, 1.165) is 35.5 Å². The molecule has 3 atom stereocenters. The van der Waals surface area contributed by atoms with Gasteiger partial charge in [0.2, 0.25) is 0 Å². The highest BCUT2D eigenvalue weighted by Crippen LogP contribution is 2.44. The molecule has 0 aliphatic carbocycles. The minimum Gasteiger partial charge on any atom is -0.363 e. The summed E-state index contributed by atoms with van der Waals surface area (Å²) in [6.07, 6.45) is -2.39. The highest BCUT2D eigenvalue weighted by atomic mass is 32.1. The van der Waals surface area contributed by atoms with Gasteiger partial charge in [0.25, 0.3) is 5.91 Å². The Morgan fingerprint density at radius 1 is 1.28 bits per heavy atom. The number of rotatable bonds is 2. The summed E-state index contributed by atoms with van der Waals surface area (Å²) in [5.74, 6) is -0.0336. The van der Waals surface area contributed by atoms with Crippen LogP contribution in [0.2, 0.25) is 0 Å². The number of anilines is 1. The first-order chi connectivity index (χ1) is 13.9. The molecule has 0 bridgehead atoms. The number of aromatic nitrogens is 2. The minimum absolute atomic E-state index is 0.0834. The number of fused-ring (bicyclic) bond motifs is 2. The van der Waals surface area contributed by atoms with E-state index >= 15 is 0 Å². The van der Waals surface area contributed by atoms with Gasteiger partial charge in [-0.05, 0) is 30.8 Å². The van der Waals surface area contributed by atoms with E-state index in [1.165, 1.54) is 17.4 Å². The molecular formula is C19H22F3N5OS. The monoisotopic (exact) mass is 425 g/mol. The van der Waals surface area contributed by atoms with Gasteiger partial charge in [-0.25, -0.2) is 4.68 Å². The Morgan fingerprint density at radius 3 is 2.90 bits per heavy atom. The maximum absolute atomic E-state index is 13.8. The topological polar surface area (TPSA) is 53.4 Å². The van der Waals surface area contributed by atoms with Crippen molar-refractivity contribution in [3.63, 3.8) is 0 Å². The molecule has 1 amide bonds. The van der Waals surface area contributed by atoms with Crippen molar-refractivity contribution in [3.8, 4) is 0 Å². The zero-order chi connectivity index (χ0) is 20.2. The standard InChI is InChI=1S/C19H22F3N5OS/c20-19(21,22)16-9-13(15-4-2-8-29-15)23-17-10-14(24-27(16)17)18(28)26-7-6-25-5-1-3-12(25)11-26/h2,4,8,10,12-13,16,23H,1,3,5-7,9,11H2/t12-,13-,16+/m1/s1. The molecule has 10 heteroatoms. The van der Waals surface area contributed by atoms with Crippen LogP contribution < -0.4 is 5.32 Å². The van der Waals surface area contributed by atoms with Gasteiger partial charge in [-0.3, -0.25) is 9.69 Å². The number of amides is 1. The summed E-state index contributed by atoms with van der Waals surface area (Å²) in [7, 11) is 0. The fourth-order valence-corrected chi connectivity index (χ4v) is 5.48. The van der Waals surface area contributed by atoms with E-state index in [2.05, 4.69) is 15.3 Å². The third-order valence-corrected chi connectivity index (χ3v) is 7.16. The molecule has 1 N–H and O–H groups in total. The lowest BCUT2D eigenvalue weighted by molar-refractivity contribution is -0.173. The molecule has 3 aliphatic rings. The molecule has 5 heterocycles. The van der Waals surface area contributed by atoms with Crippen molar-refractivity contribution < 1.29 is 18.0 Å². The summed E-state index contributed by atoms with van der Waals surface area (Å²) in [6.45, 7) is 3.08. The minimum atomic E-state index is -4.44. The number of thiophene rings is 1. The van der Waals surface area contributed by atoms with E-state index in [1.807, 2.05) is 17.5 Å². The Morgan fingerprint density at radius 2 is 2.14 bits per heavy atom. The lowest BCUT2D eigenvalue weighted by Crippen LogP contribution is -2.52. The number of nitrogens with zero attached hydrogens (tertiary/aromatic N) is 4. The maximum Gasteiger partial charge on any atom is 0.410 e. The summed E-state index contributed by atoms with van der Waals surface area (Å²) in [4.78, 5) is 18.0. The average molecular weight is 425 g/mol. The van der Waals surface area contributed by atoms with Crippen LogP contribution in [-0.4, -0.2) is 63.9 Å². The Bertz CT molecular complexity index is 896. The van der Waals surface area contributed by atoms with Crippen molar-refractivity contribution in [1.82, 2.24) is 19.6 Å². The summed E-state index contributed by atoms with van der Waals surface area (Å²) in [5.41, 5.74) is 0.0834. The quantitative estimate of drug-likeness (QED) is 0.800. The van der Waals surface area contributed by atoms with Crippen molar-refractivity contribution >= 4 is 23.1 Å². The highest BCUT2D eigenvalue weighted by molar-refractivity contribution is 7.10. The Labute approximate surface area is 170 Å². The first-order valence-electron chi connectivity index (χ1n) is 9.89. The van der Waals surface area contributed by atoms with Gasteiger partial charge < -0.3 is 10.2 Å². The molecule has 156 valence electrons. The van der Waals surface area contributed by atoms with Gasteiger partial charge in [0, 0.05) is 43.0 Å². The smallest absolute Gasteiger partial charge is 0.363 e. The van der Waals surface area contributed by atoms with Gasteiger partial charge in [0.05, 0.1) is 6.04 Å². The molecule has 0 radical (unpaired) electrons. The number of alkyl halides is 3. The molecule has 29 heavy (non-hydrogen) atoms. The summed E-state index contributed by atoms with van der Waals surface area (Å²) in [5, 5.41) is 9.11. The van der Waals surface area contributed by atoms with E-state index in [1.54, 1.807) is 4.90 Å². The molecule has 2 saturated heterocycles. The molecule has 0 spiro atoms. The zero-order valence-corrected chi connectivity index (χ0v) is 16.5. The number of carbonyl (C=O) groups excluding carboxylic acids is 1. The number of carbonyl (C=O) groups is 1. The molecule has 5 rings (SSSR count). The number of nitrogens with one attached hydrogen (secondary N) is 1. The lowest BCUT2D eigenvalue weighted by Gasteiger charge is -2.37. The fourth-order valence-electron chi connectivity index (χ4n) is 4.69. The summed E-state index contributed by atoms with van der Waals surface area (Å²) in [6, 6.07) is 3.29. The second kappa shape index (κ2) is 7.02. The van der Waals surface area contributed by atoms with Crippen LogP contribution in [-0.2, 0) is 0 Å². The highest BCUT2D eigenvalue weighted by Gasteiger charge is 2.47. The van der Waals surface area contributed by atoms with Gasteiger partial charge in [-0.15, -0.1) is 11.3 Å².